The highest BCUT2D eigenvalue weighted by Gasteiger charge is 2.17. The Bertz CT molecular complexity index is 934. The molecule has 0 aliphatic carbocycles. The molecule has 1 atom stereocenters. The maximum atomic E-state index is 12.4. The van der Waals surface area contributed by atoms with Crippen molar-refractivity contribution in [3.05, 3.63) is 58.6 Å². The van der Waals surface area contributed by atoms with E-state index in [1.165, 1.54) is 23.1 Å². The lowest BCUT2D eigenvalue weighted by atomic mass is 10.2. The molecule has 0 saturated carbocycles. The molecule has 1 amide bonds. The van der Waals surface area contributed by atoms with Gasteiger partial charge in [0.25, 0.3) is 0 Å². The van der Waals surface area contributed by atoms with E-state index in [2.05, 4.69) is 36.8 Å². The van der Waals surface area contributed by atoms with Crippen LogP contribution in [0.5, 0.6) is 5.75 Å². The van der Waals surface area contributed by atoms with Crippen molar-refractivity contribution in [3.8, 4) is 5.75 Å². The zero-order valence-corrected chi connectivity index (χ0v) is 18.5. The smallest absolute Gasteiger partial charge is 0.233 e. The topological polar surface area (TPSA) is 76.1 Å². The first-order valence-electron chi connectivity index (χ1n) is 8.47. The van der Waals surface area contributed by atoms with E-state index < -0.39 is 0 Å². The number of nitrogens with zero attached hydrogens (tertiary/aromatic N) is 2. The van der Waals surface area contributed by atoms with Crippen LogP contribution in [0.4, 0.5) is 10.8 Å². The molecule has 1 heterocycles. The lowest BCUT2D eigenvalue weighted by Gasteiger charge is -2.10. The van der Waals surface area contributed by atoms with E-state index >= 15 is 0 Å². The first-order chi connectivity index (χ1) is 13.5. The van der Waals surface area contributed by atoms with Crippen LogP contribution >= 0.6 is 39.0 Å². The quantitative estimate of drug-likeness (QED) is 0.450. The first kappa shape index (κ1) is 20.6. The van der Waals surface area contributed by atoms with Crippen LogP contribution in [0, 0.1) is 0 Å². The van der Waals surface area contributed by atoms with E-state index in [4.69, 9.17) is 4.74 Å². The Morgan fingerprint density at radius 1 is 1.25 bits per heavy atom. The lowest BCUT2D eigenvalue weighted by Crippen LogP contribution is -2.30. The molecule has 3 rings (SSSR count). The summed E-state index contributed by atoms with van der Waals surface area (Å²) in [6, 6.07) is 15.4. The molecule has 2 N–H and O–H groups in total. The van der Waals surface area contributed by atoms with E-state index in [0.717, 1.165) is 25.8 Å². The van der Waals surface area contributed by atoms with E-state index in [9.17, 15) is 4.79 Å². The summed E-state index contributed by atoms with van der Waals surface area (Å²) in [4.78, 5) is 12.4. The van der Waals surface area contributed by atoms with Gasteiger partial charge in [-0.05, 0) is 42.8 Å². The molecule has 1 aromatic heterocycles. The molecular weight excluding hydrogens is 460 g/mol. The number of hydrogen-bond donors (Lipinski definition) is 2. The molecule has 0 saturated heterocycles. The number of benzene rings is 2. The summed E-state index contributed by atoms with van der Waals surface area (Å²) in [5.41, 5.74) is 1.94. The number of amides is 1. The molecule has 0 radical (unpaired) electrons. The van der Waals surface area contributed by atoms with Crippen LogP contribution in [-0.2, 0) is 11.3 Å². The predicted molar refractivity (Wildman–Crippen MR) is 117 cm³/mol. The second kappa shape index (κ2) is 9.90. The first-order valence-corrected chi connectivity index (χ1v) is 11.0. The Morgan fingerprint density at radius 2 is 2.04 bits per heavy atom. The number of rotatable bonds is 8. The summed E-state index contributed by atoms with van der Waals surface area (Å²) in [5, 5.41) is 14.9. The number of thioether (sulfide) groups is 1. The predicted octanol–water partition coefficient (Wildman–Crippen LogP) is 4.85. The molecule has 2 aromatic carbocycles. The Labute approximate surface area is 180 Å². The van der Waals surface area contributed by atoms with Crippen molar-refractivity contribution in [3.63, 3.8) is 0 Å². The zero-order chi connectivity index (χ0) is 19.9. The van der Waals surface area contributed by atoms with Gasteiger partial charge in [0.2, 0.25) is 11.0 Å². The largest absolute Gasteiger partial charge is 0.497 e. The number of halogens is 1. The number of carbonyl (C=O) groups excluding carboxylic acids is 1. The highest BCUT2D eigenvalue weighted by Crippen LogP contribution is 2.31. The number of ether oxygens (including phenoxy) is 1. The molecule has 3 aromatic rings. The molecule has 28 heavy (non-hydrogen) atoms. The second-order valence-electron chi connectivity index (χ2n) is 5.83. The van der Waals surface area contributed by atoms with E-state index in [-0.39, 0.29) is 11.2 Å². The highest BCUT2D eigenvalue weighted by atomic mass is 79.9. The SMILES string of the molecule is COc1ccc(CNC(=O)[C@@H](C)Sc2nnc(Nc3cccc(Br)c3)s2)cc1. The maximum absolute atomic E-state index is 12.4. The van der Waals surface area contributed by atoms with Crippen molar-refractivity contribution in [1.82, 2.24) is 15.5 Å². The lowest BCUT2D eigenvalue weighted by molar-refractivity contribution is -0.120. The normalized spacial score (nSPS) is 11.7. The molecule has 6 nitrogen and oxygen atoms in total. The van der Waals surface area contributed by atoms with Crippen LogP contribution in [0.15, 0.2) is 57.3 Å². The van der Waals surface area contributed by atoms with Gasteiger partial charge in [0.15, 0.2) is 4.34 Å². The molecule has 0 fully saturated rings. The molecular formula is C19H19BrN4O2S2. The minimum absolute atomic E-state index is 0.0440. The number of hydrogen-bond acceptors (Lipinski definition) is 7. The van der Waals surface area contributed by atoms with Gasteiger partial charge in [-0.15, -0.1) is 10.2 Å². The van der Waals surface area contributed by atoms with Gasteiger partial charge in [-0.25, -0.2) is 0 Å². The average Bonchev–Trinajstić information content (AvgIpc) is 3.13. The van der Waals surface area contributed by atoms with E-state index in [1.807, 2.05) is 55.5 Å². The second-order valence-corrected chi connectivity index (χ2v) is 9.32. The van der Waals surface area contributed by atoms with Crippen LogP contribution in [0.1, 0.15) is 12.5 Å². The summed E-state index contributed by atoms with van der Waals surface area (Å²) in [7, 11) is 1.63. The van der Waals surface area contributed by atoms with Gasteiger partial charge in [-0.3, -0.25) is 4.79 Å². The minimum atomic E-state index is -0.273. The summed E-state index contributed by atoms with van der Waals surface area (Å²) < 4.78 is 6.86. The van der Waals surface area contributed by atoms with Gasteiger partial charge in [-0.1, -0.05) is 57.2 Å². The van der Waals surface area contributed by atoms with Crippen molar-refractivity contribution >= 4 is 55.8 Å². The van der Waals surface area contributed by atoms with E-state index in [0.29, 0.717) is 11.7 Å². The third kappa shape index (κ3) is 5.95. The van der Waals surface area contributed by atoms with Gasteiger partial charge in [0.05, 0.1) is 12.4 Å². The number of carbonyl (C=O) groups is 1. The van der Waals surface area contributed by atoms with Crippen molar-refractivity contribution in [2.24, 2.45) is 0 Å². The Balaban J connectivity index is 1.50. The molecule has 0 aliphatic rings. The Hall–Kier alpha value is -2.10. The third-order valence-electron chi connectivity index (χ3n) is 3.75. The van der Waals surface area contributed by atoms with E-state index in [1.54, 1.807) is 7.11 Å². The molecule has 146 valence electrons. The summed E-state index contributed by atoms with van der Waals surface area (Å²) >= 11 is 6.25. The monoisotopic (exact) mass is 478 g/mol. The number of aromatic nitrogens is 2. The van der Waals surface area contributed by atoms with Crippen molar-refractivity contribution in [2.45, 2.75) is 23.1 Å². The zero-order valence-electron chi connectivity index (χ0n) is 15.3. The summed E-state index contributed by atoms with van der Waals surface area (Å²) in [5.74, 6) is 0.750. The van der Waals surface area contributed by atoms with Crippen LogP contribution in [0.25, 0.3) is 0 Å². The van der Waals surface area contributed by atoms with Crippen LogP contribution < -0.4 is 15.4 Å². The highest BCUT2D eigenvalue weighted by molar-refractivity contribution is 9.10. The van der Waals surface area contributed by atoms with Crippen LogP contribution in [-0.4, -0.2) is 28.5 Å². The molecule has 9 heteroatoms. The molecule has 0 spiro atoms. The summed E-state index contributed by atoms with van der Waals surface area (Å²) in [6.45, 7) is 2.33. The molecule has 0 bridgehead atoms. The Kier molecular flexibility index (Phi) is 7.30. The maximum Gasteiger partial charge on any atom is 0.233 e. The fraction of sp³-hybridized carbons (Fsp3) is 0.211. The van der Waals surface area contributed by atoms with Crippen LogP contribution in [0.3, 0.4) is 0 Å². The third-order valence-corrected chi connectivity index (χ3v) is 6.27. The standard InChI is InChI=1S/C19H19BrN4O2S2/c1-12(17(25)21-11-13-6-8-16(26-2)9-7-13)27-19-24-23-18(28-19)22-15-5-3-4-14(20)10-15/h3-10,12H,11H2,1-2H3,(H,21,25)(H,22,23)/t12-/m1/s1. The number of nitrogens with one attached hydrogen (secondary N) is 2. The van der Waals surface area contributed by atoms with Gasteiger partial charge in [-0.2, -0.15) is 0 Å². The van der Waals surface area contributed by atoms with Crippen LogP contribution in [0.2, 0.25) is 0 Å². The van der Waals surface area contributed by atoms with Crippen molar-refractivity contribution in [2.75, 3.05) is 12.4 Å². The van der Waals surface area contributed by atoms with Gasteiger partial charge < -0.3 is 15.4 Å². The van der Waals surface area contributed by atoms with Gasteiger partial charge in [0.1, 0.15) is 5.75 Å². The van der Waals surface area contributed by atoms with Crippen molar-refractivity contribution < 1.29 is 9.53 Å². The fourth-order valence-electron chi connectivity index (χ4n) is 2.28. The minimum Gasteiger partial charge on any atom is -0.497 e. The molecule has 0 aliphatic heterocycles. The van der Waals surface area contributed by atoms with Gasteiger partial charge >= 0.3 is 0 Å². The van der Waals surface area contributed by atoms with Crippen molar-refractivity contribution in [1.29, 1.82) is 0 Å². The summed E-state index contributed by atoms with van der Waals surface area (Å²) in [6.07, 6.45) is 0. The van der Waals surface area contributed by atoms with Gasteiger partial charge in [0, 0.05) is 16.7 Å². The Morgan fingerprint density at radius 3 is 2.75 bits per heavy atom. The fourth-order valence-corrected chi connectivity index (χ4v) is 4.62. The molecule has 0 unspecified atom stereocenters. The number of anilines is 2. The number of methoxy groups -OCH3 is 1. The average molecular weight is 479 g/mol.